The number of piperidine rings is 1. The molecule has 0 saturated carbocycles. The highest BCUT2D eigenvalue weighted by Crippen LogP contribution is 2.56. The molecule has 4 rings (SSSR count). The SMILES string of the molecule is CC(C)=CCC[C@]1(C)Oc2c(OCCOCCO)cccc2[C@H]2O[C@H]3CCN(C(=O)OC(C)(C)C)C[C@@H]3C[C@@H]21. The summed E-state index contributed by atoms with van der Waals surface area (Å²) < 4.78 is 30.9. The molecule has 1 amide bonds. The van der Waals surface area contributed by atoms with Crippen LogP contribution in [0.1, 0.15) is 78.9 Å². The first-order valence-corrected chi connectivity index (χ1v) is 14.4. The second-order valence-corrected chi connectivity index (χ2v) is 12.5. The van der Waals surface area contributed by atoms with Gasteiger partial charge in [-0.1, -0.05) is 23.8 Å². The van der Waals surface area contributed by atoms with Gasteiger partial charge in [0.25, 0.3) is 0 Å². The van der Waals surface area contributed by atoms with Crippen LogP contribution in [0.2, 0.25) is 0 Å². The van der Waals surface area contributed by atoms with Gasteiger partial charge in [-0.05, 0) is 73.3 Å². The first kappa shape index (κ1) is 29.7. The number of carbonyl (C=O) groups is 1. The minimum absolute atomic E-state index is 0.00795. The van der Waals surface area contributed by atoms with E-state index in [1.54, 1.807) is 0 Å². The summed E-state index contributed by atoms with van der Waals surface area (Å²) in [6.45, 7) is 14.5. The summed E-state index contributed by atoms with van der Waals surface area (Å²) in [5, 5.41) is 8.95. The fraction of sp³-hybridized carbons (Fsp3) is 0.710. The van der Waals surface area contributed by atoms with Crippen molar-refractivity contribution in [3.05, 3.63) is 35.4 Å². The van der Waals surface area contributed by atoms with E-state index >= 15 is 0 Å². The normalized spacial score (nSPS) is 27.9. The Balaban J connectivity index is 1.57. The average molecular weight is 546 g/mol. The number of ether oxygens (including phenoxy) is 5. The fourth-order valence-electron chi connectivity index (χ4n) is 6.05. The van der Waals surface area contributed by atoms with Gasteiger partial charge in [0, 0.05) is 30.5 Å². The summed E-state index contributed by atoms with van der Waals surface area (Å²) in [5.74, 6) is 1.81. The Morgan fingerprint density at radius 3 is 2.74 bits per heavy atom. The highest BCUT2D eigenvalue weighted by atomic mass is 16.6. The lowest BCUT2D eigenvalue weighted by Crippen LogP contribution is -2.57. The first-order chi connectivity index (χ1) is 18.5. The second-order valence-electron chi connectivity index (χ2n) is 12.5. The number of rotatable bonds is 9. The number of allylic oxidation sites excluding steroid dienone is 2. The van der Waals surface area contributed by atoms with Crippen LogP contribution in [0.25, 0.3) is 0 Å². The topological polar surface area (TPSA) is 86.7 Å². The molecule has 8 nitrogen and oxygen atoms in total. The molecule has 2 fully saturated rings. The van der Waals surface area contributed by atoms with Crippen molar-refractivity contribution in [3.8, 4) is 11.5 Å². The summed E-state index contributed by atoms with van der Waals surface area (Å²) in [4.78, 5) is 14.7. The Bertz CT molecular complexity index is 1010. The van der Waals surface area contributed by atoms with Crippen LogP contribution in [-0.2, 0) is 14.2 Å². The van der Waals surface area contributed by atoms with Gasteiger partial charge in [0.2, 0.25) is 0 Å². The van der Waals surface area contributed by atoms with Crippen LogP contribution in [0.3, 0.4) is 0 Å². The van der Waals surface area contributed by atoms with Crippen molar-refractivity contribution in [2.24, 2.45) is 11.8 Å². The Morgan fingerprint density at radius 1 is 1.23 bits per heavy atom. The second kappa shape index (κ2) is 12.5. The number of hydrogen-bond acceptors (Lipinski definition) is 7. The average Bonchev–Trinajstić information content (AvgIpc) is 2.86. The molecule has 3 aliphatic heterocycles. The van der Waals surface area contributed by atoms with Crippen LogP contribution >= 0.6 is 0 Å². The van der Waals surface area contributed by atoms with E-state index in [0.29, 0.717) is 38.7 Å². The van der Waals surface area contributed by atoms with Crippen molar-refractivity contribution in [1.82, 2.24) is 4.90 Å². The van der Waals surface area contributed by atoms with Crippen LogP contribution in [0.15, 0.2) is 29.8 Å². The number of carbonyl (C=O) groups excluding carboxylic acids is 1. The van der Waals surface area contributed by atoms with Crippen molar-refractivity contribution in [2.75, 3.05) is 39.5 Å². The van der Waals surface area contributed by atoms with Gasteiger partial charge in [0.05, 0.1) is 32.0 Å². The lowest BCUT2D eigenvalue weighted by atomic mass is 9.68. The van der Waals surface area contributed by atoms with Crippen molar-refractivity contribution >= 4 is 6.09 Å². The molecule has 218 valence electrons. The van der Waals surface area contributed by atoms with Crippen LogP contribution in [0.4, 0.5) is 4.79 Å². The monoisotopic (exact) mass is 545 g/mol. The largest absolute Gasteiger partial charge is 0.487 e. The highest BCUT2D eigenvalue weighted by molar-refractivity contribution is 5.68. The summed E-state index contributed by atoms with van der Waals surface area (Å²) in [7, 11) is 0. The number of amides is 1. The zero-order valence-electron chi connectivity index (χ0n) is 24.5. The molecule has 5 atom stereocenters. The zero-order chi connectivity index (χ0) is 28.2. The zero-order valence-corrected chi connectivity index (χ0v) is 24.5. The van der Waals surface area contributed by atoms with E-state index in [-0.39, 0.29) is 36.7 Å². The lowest BCUT2D eigenvalue weighted by molar-refractivity contribution is -0.191. The molecule has 0 aliphatic carbocycles. The standard InChI is InChI=1S/C31H47NO7/c1-21(2)9-8-13-31(6)24-19-22-20-32(29(34)39-30(3,4)5)14-12-25(22)37-27(24)23-10-7-11-26(28(23)38-31)36-18-17-35-16-15-33/h7,9-11,22,24-25,27,33H,8,12-20H2,1-6H3/t22-,24-,25-,27+,31-/m0/s1. The molecular weight excluding hydrogens is 498 g/mol. The quantitative estimate of drug-likeness (QED) is 0.316. The van der Waals surface area contributed by atoms with Crippen LogP contribution in [-0.4, -0.2) is 72.9 Å². The van der Waals surface area contributed by atoms with Crippen LogP contribution in [0, 0.1) is 11.8 Å². The minimum Gasteiger partial charge on any atom is -0.487 e. The van der Waals surface area contributed by atoms with E-state index in [0.717, 1.165) is 37.0 Å². The third kappa shape index (κ3) is 7.27. The molecule has 1 aromatic rings. The van der Waals surface area contributed by atoms with Crippen molar-refractivity contribution in [3.63, 3.8) is 0 Å². The van der Waals surface area contributed by atoms with Gasteiger partial charge >= 0.3 is 6.09 Å². The highest BCUT2D eigenvalue weighted by Gasteiger charge is 2.54. The van der Waals surface area contributed by atoms with Gasteiger partial charge in [0.1, 0.15) is 17.8 Å². The summed E-state index contributed by atoms with van der Waals surface area (Å²) >= 11 is 0. The molecule has 3 heterocycles. The first-order valence-electron chi connectivity index (χ1n) is 14.4. The number of likely N-dealkylation sites (tertiary alicyclic amines) is 1. The van der Waals surface area contributed by atoms with Crippen molar-refractivity contribution < 1.29 is 33.6 Å². The molecule has 2 saturated heterocycles. The molecule has 1 N–H and O–H groups in total. The van der Waals surface area contributed by atoms with E-state index in [2.05, 4.69) is 32.9 Å². The van der Waals surface area contributed by atoms with Gasteiger partial charge in [-0.2, -0.15) is 0 Å². The molecule has 0 aromatic heterocycles. The Hall–Kier alpha value is -2.29. The molecule has 3 aliphatic rings. The van der Waals surface area contributed by atoms with Gasteiger partial charge in [-0.3, -0.25) is 0 Å². The number of aliphatic hydroxyl groups is 1. The van der Waals surface area contributed by atoms with E-state index in [9.17, 15) is 4.79 Å². The molecular formula is C31H47NO7. The fourth-order valence-corrected chi connectivity index (χ4v) is 6.05. The third-order valence-corrected chi connectivity index (χ3v) is 7.91. The van der Waals surface area contributed by atoms with E-state index in [1.165, 1.54) is 5.57 Å². The Labute approximate surface area is 233 Å². The van der Waals surface area contributed by atoms with Crippen LogP contribution < -0.4 is 9.47 Å². The maximum atomic E-state index is 12.8. The lowest BCUT2D eigenvalue weighted by Gasteiger charge is -2.54. The number of hydrogen-bond donors (Lipinski definition) is 1. The Morgan fingerprint density at radius 2 is 2.03 bits per heavy atom. The van der Waals surface area contributed by atoms with E-state index < -0.39 is 11.2 Å². The predicted octanol–water partition coefficient (Wildman–Crippen LogP) is 5.68. The van der Waals surface area contributed by atoms with Crippen LogP contribution in [0.5, 0.6) is 11.5 Å². The van der Waals surface area contributed by atoms with Crippen molar-refractivity contribution in [2.45, 2.75) is 90.6 Å². The molecule has 39 heavy (non-hydrogen) atoms. The maximum absolute atomic E-state index is 12.8. The molecule has 8 heteroatoms. The molecule has 1 aromatic carbocycles. The number of nitrogens with zero attached hydrogens (tertiary/aromatic N) is 1. The van der Waals surface area contributed by atoms with Gasteiger partial charge < -0.3 is 33.7 Å². The summed E-state index contributed by atoms with van der Waals surface area (Å²) in [6.07, 6.45) is 5.46. The molecule has 0 unspecified atom stereocenters. The number of para-hydroxylation sites is 1. The summed E-state index contributed by atoms with van der Waals surface area (Å²) in [5.41, 5.74) is 1.34. The van der Waals surface area contributed by atoms with E-state index in [4.69, 9.17) is 28.8 Å². The van der Waals surface area contributed by atoms with Gasteiger partial charge in [-0.15, -0.1) is 0 Å². The number of fused-ring (bicyclic) bond motifs is 4. The van der Waals surface area contributed by atoms with Gasteiger partial charge in [-0.25, -0.2) is 4.79 Å². The minimum atomic E-state index is -0.517. The maximum Gasteiger partial charge on any atom is 0.410 e. The van der Waals surface area contributed by atoms with Gasteiger partial charge in [0.15, 0.2) is 11.5 Å². The Kier molecular flexibility index (Phi) is 9.50. The third-order valence-electron chi connectivity index (χ3n) is 7.91. The smallest absolute Gasteiger partial charge is 0.410 e. The number of aliphatic hydroxyl groups excluding tert-OH is 1. The number of benzene rings is 1. The molecule has 0 bridgehead atoms. The molecule has 0 spiro atoms. The summed E-state index contributed by atoms with van der Waals surface area (Å²) in [6, 6.07) is 6.02. The van der Waals surface area contributed by atoms with Crippen molar-refractivity contribution in [1.29, 1.82) is 0 Å². The van der Waals surface area contributed by atoms with E-state index in [1.807, 2.05) is 37.8 Å². The predicted molar refractivity (Wildman–Crippen MR) is 149 cm³/mol. The molecule has 0 radical (unpaired) electrons.